The fraction of sp³-hybridized carbons (Fsp3) is 0.200. The minimum atomic E-state index is -4.56. The third-order valence-corrected chi connectivity index (χ3v) is 4.19. The van der Waals surface area contributed by atoms with Crippen molar-refractivity contribution in [2.24, 2.45) is 0 Å². The summed E-state index contributed by atoms with van der Waals surface area (Å²) >= 11 is 3.41. The van der Waals surface area contributed by atoms with Gasteiger partial charge in [0.05, 0.1) is 23.5 Å². The number of fused-ring (bicyclic) bond motifs is 1. The van der Waals surface area contributed by atoms with Gasteiger partial charge in [-0.15, -0.1) is 0 Å². The zero-order valence-electron chi connectivity index (χ0n) is 13.3. The van der Waals surface area contributed by atoms with E-state index in [4.69, 9.17) is 5.26 Å². The molecule has 0 atom stereocenters. The van der Waals surface area contributed by atoms with Gasteiger partial charge in [0.15, 0.2) is 0 Å². The largest absolute Gasteiger partial charge is 0.421 e. The number of rotatable bonds is 4. The van der Waals surface area contributed by atoms with E-state index >= 15 is 0 Å². The number of aromatic nitrogens is 4. The number of alkyl halides is 3. The molecule has 0 bridgehead atoms. The summed E-state index contributed by atoms with van der Waals surface area (Å²) in [6.07, 6.45) is -2.28. The Balaban J connectivity index is 2.02. The molecule has 2 N–H and O–H groups in total. The van der Waals surface area contributed by atoms with Crippen LogP contribution in [0.1, 0.15) is 5.56 Å². The minimum Gasteiger partial charge on any atom is -0.372 e. The second kappa shape index (κ2) is 6.80. The fourth-order valence-corrected chi connectivity index (χ4v) is 2.97. The van der Waals surface area contributed by atoms with E-state index in [9.17, 15) is 13.2 Å². The highest BCUT2D eigenvalue weighted by molar-refractivity contribution is 9.10. The maximum Gasteiger partial charge on any atom is 0.421 e. The van der Waals surface area contributed by atoms with Crippen molar-refractivity contribution in [1.29, 1.82) is 5.26 Å². The van der Waals surface area contributed by atoms with Crippen LogP contribution in [0, 0.1) is 11.3 Å². The molecule has 0 unspecified atom stereocenters. The molecule has 1 aromatic carbocycles. The van der Waals surface area contributed by atoms with Crippen LogP contribution in [0.2, 0.25) is 0 Å². The Hall–Kier alpha value is -2.87. The van der Waals surface area contributed by atoms with Gasteiger partial charge in [-0.2, -0.15) is 28.5 Å². The average Bonchev–Trinajstić information content (AvgIpc) is 3.01. The Morgan fingerprint density at radius 1 is 1.31 bits per heavy atom. The standard InChI is InChI=1S/C15H11BrF3N7/c1-21-13-9(15(17,18)19)7-22-14(25-13)24-11-3-2-10(16)12-8(11)6-23-26(12)5-4-20/h2-3,6-7H,5H2,1H3,(H2,21,22,24,25). The molecular weight excluding hydrogens is 415 g/mol. The summed E-state index contributed by atoms with van der Waals surface area (Å²) in [5.74, 6) is -0.331. The lowest BCUT2D eigenvalue weighted by Gasteiger charge is -2.13. The molecule has 2 aromatic heterocycles. The summed E-state index contributed by atoms with van der Waals surface area (Å²) in [5.41, 5.74) is 0.278. The molecule has 0 aliphatic carbocycles. The highest BCUT2D eigenvalue weighted by atomic mass is 79.9. The van der Waals surface area contributed by atoms with E-state index in [1.807, 2.05) is 6.07 Å². The maximum atomic E-state index is 12.9. The molecule has 0 aliphatic heterocycles. The molecule has 0 aliphatic rings. The average molecular weight is 426 g/mol. The summed E-state index contributed by atoms with van der Waals surface area (Å²) in [6, 6.07) is 5.47. The van der Waals surface area contributed by atoms with Gasteiger partial charge < -0.3 is 10.6 Å². The molecule has 0 saturated carbocycles. The van der Waals surface area contributed by atoms with E-state index in [2.05, 4.69) is 41.6 Å². The summed E-state index contributed by atoms with van der Waals surface area (Å²) in [4.78, 5) is 7.63. The monoisotopic (exact) mass is 425 g/mol. The van der Waals surface area contributed by atoms with Crippen LogP contribution in [0.5, 0.6) is 0 Å². The van der Waals surface area contributed by atoms with Crippen molar-refractivity contribution in [2.45, 2.75) is 12.7 Å². The molecule has 11 heteroatoms. The van der Waals surface area contributed by atoms with Crippen molar-refractivity contribution in [1.82, 2.24) is 19.7 Å². The molecule has 3 aromatic rings. The molecule has 26 heavy (non-hydrogen) atoms. The molecule has 134 valence electrons. The summed E-state index contributed by atoms with van der Waals surface area (Å²) in [7, 11) is 1.35. The fourth-order valence-electron chi connectivity index (χ4n) is 2.42. The van der Waals surface area contributed by atoms with Gasteiger partial charge in [-0.3, -0.25) is 0 Å². The number of halogens is 4. The number of anilines is 3. The molecule has 2 heterocycles. The van der Waals surface area contributed by atoms with E-state index in [-0.39, 0.29) is 18.3 Å². The highest BCUT2D eigenvalue weighted by Gasteiger charge is 2.35. The topological polar surface area (TPSA) is 91.5 Å². The summed E-state index contributed by atoms with van der Waals surface area (Å²) in [6.45, 7) is 0.0617. The molecule has 0 fully saturated rings. The number of hydrogen-bond donors (Lipinski definition) is 2. The quantitative estimate of drug-likeness (QED) is 0.658. The smallest absolute Gasteiger partial charge is 0.372 e. The predicted octanol–water partition coefficient (Wildman–Crippen LogP) is 3.92. The van der Waals surface area contributed by atoms with E-state index in [1.54, 1.807) is 18.3 Å². The number of nitriles is 1. The van der Waals surface area contributed by atoms with Gasteiger partial charge in [-0.25, -0.2) is 9.67 Å². The van der Waals surface area contributed by atoms with Crippen LogP contribution in [0.15, 0.2) is 29.0 Å². The van der Waals surface area contributed by atoms with Crippen molar-refractivity contribution in [3.05, 3.63) is 34.6 Å². The van der Waals surface area contributed by atoms with Crippen LogP contribution in [0.25, 0.3) is 10.9 Å². The minimum absolute atomic E-state index is 0.000921. The Kier molecular flexibility index (Phi) is 4.69. The first-order valence-corrected chi connectivity index (χ1v) is 8.04. The first-order chi connectivity index (χ1) is 12.3. The van der Waals surface area contributed by atoms with Crippen LogP contribution in [0.3, 0.4) is 0 Å². The number of benzene rings is 1. The normalized spacial score (nSPS) is 11.4. The second-order valence-electron chi connectivity index (χ2n) is 5.15. The molecule has 3 rings (SSSR count). The van der Waals surface area contributed by atoms with Crippen LogP contribution >= 0.6 is 15.9 Å². The maximum absolute atomic E-state index is 12.9. The van der Waals surface area contributed by atoms with Crippen molar-refractivity contribution in [2.75, 3.05) is 17.7 Å². The molecule has 0 saturated heterocycles. The van der Waals surface area contributed by atoms with Gasteiger partial charge in [0.1, 0.15) is 17.9 Å². The number of hydrogen-bond acceptors (Lipinski definition) is 6. The van der Waals surface area contributed by atoms with Gasteiger partial charge in [0, 0.05) is 23.1 Å². The Morgan fingerprint density at radius 2 is 2.08 bits per heavy atom. The van der Waals surface area contributed by atoms with E-state index in [0.717, 1.165) is 10.7 Å². The Bertz CT molecular complexity index is 1010. The number of nitrogens with zero attached hydrogens (tertiary/aromatic N) is 5. The zero-order valence-corrected chi connectivity index (χ0v) is 14.9. The van der Waals surface area contributed by atoms with Crippen molar-refractivity contribution in [3.8, 4) is 6.07 Å². The van der Waals surface area contributed by atoms with Gasteiger partial charge in [0.2, 0.25) is 5.95 Å². The highest BCUT2D eigenvalue weighted by Crippen LogP contribution is 2.35. The zero-order chi connectivity index (χ0) is 18.9. The van der Waals surface area contributed by atoms with Crippen LogP contribution in [-0.4, -0.2) is 26.8 Å². The third-order valence-electron chi connectivity index (χ3n) is 3.55. The van der Waals surface area contributed by atoms with Crippen molar-refractivity contribution < 1.29 is 13.2 Å². The van der Waals surface area contributed by atoms with Crippen LogP contribution in [0.4, 0.5) is 30.6 Å². The van der Waals surface area contributed by atoms with Gasteiger partial charge in [-0.1, -0.05) is 0 Å². The first kappa shape index (κ1) is 17.9. The summed E-state index contributed by atoms with van der Waals surface area (Å²) in [5, 5.41) is 19.0. The molecule has 0 amide bonds. The van der Waals surface area contributed by atoms with Crippen molar-refractivity contribution in [3.63, 3.8) is 0 Å². The van der Waals surface area contributed by atoms with Crippen LogP contribution < -0.4 is 10.6 Å². The van der Waals surface area contributed by atoms with E-state index in [1.165, 1.54) is 11.7 Å². The van der Waals surface area contributed by atoms with E-state index < -0.39 is 11.7 Å². The van der Waals surface area contributed by atoms with Crippen molar-refractivity contribution >= 4 is 44.3 Å². The first-order valence-electron chi connectivity index (χ1n) is 7.25. The van der Waals surface area contributed by atoms with Crippen LogP contribution in [-0.2, 0) is 12.7 Å². The lowest BCUT2D eigenvalue weighted by molar-refractivity contribution is -0.137. The Morgan fingerprint density at radius 3 is 2.73 bits per heavy atom. The van der Waals surface area contributed by atoms with E-state index in [0.29, 0.717) is 16.6 Å². The molecular formula is C15H11BrF3N7. The molecule has 7 nitrogen and oxygen atoms in total. The predicted molar refractivity (Wildman–Crippen MR) is 92.9 cm³/mol. The van der Waals surface area contributed by atoms with Gasteiger partial charge in [0.25, 0.3) is 0 Å². The van der Waals surface area contributed by atoms with Gasteiger partial charge >= 0.3 is 6.18 Å². The summed E-state index contributed by atoms with van der Waals surface area (Å²) < 4.78 is 41.1. The number of nitrogens with one attached hydrogen (secondary N) is 2. The third kappa shape index (κ3) is 3.28. The SMILES string of the molecule is CNc1nc(Nc2ccc(Br)c3c2cnn3CC#N)ncc1C(F)(F)F. The molecule has 0 radical (unpaired) electrons. The second-order valence-corrected chi connectivity index (χ2v) is 6.00. The van der Waals surface area contributed by atoms with Gasteiger partial charge in [-0.05, 0) is 28.1 Å². The lowest BCUT2D eigenvalue weighted by Crippen LogP contribution is -2.12. The molecule has 0 spiro atoms. The lowest BCUT2D eigenvalue weighted by atomic mass is 10.2. The Labute approximate surface area is 154 Å².